The number of aromatic nitrogens is 2. The highest BCUT2D eigenvalue weighted by atomic mass is 16.2. The molecule has 32 heavy (non-hydrogen) atoms. The molecule has 1 aliphatic carbocycles. The fourth-order valence-electron chi connectivity index (χ4n) is 4.65. The lowest BCUT2D eigenvalue weighted by Crippen LogP contribution is -2.31. The number of aryl methyl sites for hydroxylation is 1. The number of fused-ring (bicyclic) bond motifs is 2. The summed E-state index contributed by atoms with van der Waals surface area (Å²) in [5, 5.41) is 11.4. The number of rotatable bonds is 3. The van der Waals surface area contributed by atoms with E-state index in [1.54, 1.807) is 0 Å². The highest BCUT2D eigenvalue weighted by Crippen LogP contribution is 2.37. The molecule has 0 radical (unpaired) electrons. The number of benzene rings is 3. The number of hydrazone groups is 1. The van der Waals surface area contributed by atoms with Gasteiger partial charge in [0, 0.05) is 11.1 Å². The van der Waals surface area contributed by atoms with Crippen molar-refractivity contribution < 1.29 is 4.79 Å². The third-order valence-electron chi connectivity index (χ3n) is 6.06. The van der Waals surface area contributed by atoms with Gasteiger partial charge in [0.05, 0.1) is 22.8 Å². The minimum Gasteiger partial charge on any atom is -0.267 e. The molecule has 0 atom stereocenters. The Morgan fingerprint density at radius 2 is 1.69 bits per heavy atom. The second-order valence-electron chi connectivity index (χ2n) is 9.20. The van der Waals surface area contributed by atoms with E-state index in [-0.39, 0.29) is 11.3 Å². The molecular formula is C27H26N4O. The van der Waals surface area contributed by atoms with Gasteiger partial charge in [0.1, 0.15) is 0 Å². The molecule has 1 aromatic heterocycles. The van der Waals surface area contributed by atoms with Gasteiger partial charge in [0.2, 0.25) is 0 Å². The lowest BCUT2D eigenvalue weighted by molar-refractivity contribution is 0.0956. The van der Waals surface area contributed by atoms with Crippen molar-refractivity contribution in [1.29, 1.82) is 0 Å². The van der Waals surface area contributed by atoms with Crippen molar-refractivity contribution in [2.24, 2.45) is 10.5 Å². The largest absolute Gasteiger partial charge is 0.272 e. The number of amides is 1. The molecule has 0 fully saturated rings. The van der Waals surface area contributed by atoms with Gasteiger partial charge in [-0.05, 0) is 54.2 Å². The van der Waals surface area contributed by atoms with Gasteiger partial charge in [0.15, 0.2) is 0 Å². The predicted molar refractivity (Wildman–Crippen MR) is 128 cm³/mol. The molecule has 5 heteroatoms. The molecule has 1 N–H and O–H groups in total. The Balaban J connectivity index is 1.53. The number of nitrogens with zero attached hydrogens (tertiary/aromatic N) is 3. The standard InChI is InChI=1S/C27H26N4O/c1-18-25-23(28-29-26(32)22-15-9-11-19-10-7-8-14-21(19)22)16-27(2,3)17-24(25)31(30-18)20-12-5-4-6-13-20/h4-15H,16-17H2,1-3H3,(H,29,32)/b28-23+. The molecule has 3 aromatic carbocycles. The van der Waals surface area contributed by atoms with E-state index in [4.69, 9.17) is 5.10 Å². The normalized spacial score (nSPS) is 16.2. The van der Waals surface area contributed by atoms with Gasteiger partial charge < -0.3 is 0 Å². The molecular weight excluding hydrogens is 396 g/mol. The number of hydrogen-bond acceptors (Lipinski definition) is 3. The Labute approximate surface area is 187 Å². The molecule has 5 rings (SSSR count). The fraction of sp³-hybridized carbons (Fsp3) is 0.222. The van der Waals surface area contributed by atoms with Crippen LogP contribution in [0.4, 0.5) is 0 Å². The van der Waals surface area contributed by atoms with Crippen LogP contribution in [-0.4, -0.2) is 21.4 Å². The van der Waals surface area contributed by atoms with Crippen molar-refractivity contribution in [1.82, 2.24) is 15.2 Å². The van der Waals surface area contributed by atoms with Gasteiger partial charge >= 0.3 is 0 Å². The number of carbonyl (C=O) groups is 1. The zero-order chi connectivity index (χ0) is 22.3. The van der Waals surface area contributed by atoms with Crippen LogP contribution in [0.5, 0.6) is 0 Å². The van der Waals surface area contributed by atoms with Crippen LogP contribution in [0.3, 0.4) is 0 Å². The Morgan fingerprint density at radius 3 is 2.50 bits per heavy atom. The van der Waals surface area contributed by atoms with E-state index >= 15 is 0 Å². The number of para-hydroxylation sites is 1. The minimum absolute atomic E-state index is 0.00894. The third-order valence-corrected chi connectivity index (χ3v) is 6.06. The maximum Gasteiger partial charge on any atom is 0.272 e. The molecule has 0 saturated carbocycles. The summed E-state index contributed by atoms with van der Waals surface area (Å²) in [6, 6.07) is 23.8. The van der Waals surface area contributed by atoms with E-state index in [2.05, 4.69) is 36.5 Å². The van der Waals surface area contributed by atoms with Gasteiger partial charge in [-0.1, -0.05) is 68.4 Å². The molecule has 0 bridgehead atoms. The van der Waals surface area contributed by atoms with Crippen molar-refractivity contribution in [2.45, 2.75) is 33.6 Å². The summed E-state index contributed by atoms with van der Waals surface area (Å²) in [5.41, 5.74) is 8.49. The van der Waals surface area contributed by atoms with Crippen molar-refractivity contribution in [3.05, 3.63) is 95.3 Å². The van der Waals surface area contributed by atoms with Gasteiger partial charge in [-0.25, -0.2) is 10.1 Å². The monoisotopic (exact) mass is 422 g/mol. The van der Waals surface area contributed by atoms with Crippen LogP contribution in [0, 0.1) is 12.3 Å². The van der Waals surface area contributed by atoms with Crippen LogP contribution in [0.2, 0.25) is 0 Å². The van der Waals surface area contributed by atoms with Crippen molar-refractivity contribution in [2.75, 3.05) is 0 Å². The SMILES string of the molecule is Cc1nn(-c2ccccc2)c2c1/C(=N/NC(=O)c1cccc3ccccc13)CC(C)(C)C2. The highest BCUT2D eigenvalue weighted by molar-refractivity contribution is 6.09. The highest BCUT2D eigenvalue weighted by Gasteiger charge is 2.34. The van der Waals surface area contributed by atoms with E-state index in [9.17, 15) is 4.79 Å². The Morgan fingerprint density at radius 1 is 0.969 bits per heavy atom. The van der Waals surface area contributed by atoms with Crippen molar-refractivity contribution in [3.63, 3.8) is 0 Å². The van der Waals surface area contributed by atoms with E-state index in [0.29, 0.717) is 5.56 Å². The number of nitrogens with one attached hydrogen (secondary N) is 1. The zero-order valence-corrected chi connectivity index (χ0v) is 18.6. The lowest BCUT2D eigenvalue weighted by Gasteiger charge is -2.31. The Hall–Kier alpha value is -3.73. The van der Waals surface area contributed by atoms with E-state index < -0.39 is 0 Å². The molecule has 160 valence electrons. The van der Waals surface area contributed by atoms with Gasteiger partial charge in [-0.2, -0.15) is 10.2 Å². The fourth-order valence-corrected chi connectivity index (χ4v) is 4.65. The molecule has 1 amide bonds. The Kier molecular flexibility index (Phi) is 4.89. The smallest absolute Gasteiger partial charge is 0.267 e. The summed E-state index contributed by atoms with van der Waals surface area (Å²) in [5.74, 6) is -0.202. The summed E-state index contributed by atoms with van der Waals surface area (Å²) < 4.78 is 2.02. The van der Waals surface area contributed by atoms with Crippen molar-refractivity contribution in [3.8, 4) is 5.69 Å². The first-order chi connectivity index (χ1) is 15.4. The molecule has 1 heterocycles. The summed E-state index contributed by atoms with van der Waals surface area (Å²) in [6.07, 6.45) is 1.67. The van der Waals surface area contributed by atoms with Crippen LogP contribution < -0.4 is 5.43 Å². The first-order valence-electron chi connectivity index (χ1n) is 10.9. The van der Waals surface area contributed by atoms with Gasteiger partial charge in [0.25, 0.3) is 5.91 Å². The molecule has 0 saturated heterocycles. The van der Waals surface area contributed by atoms with Crippen molar-refractivity contribution >= 4 is 22.4 Å². The summed E-state index contributed by atoms with van der Waals surface area (Å²) in [4.78, 5) is 13.0. The average Bonchev–Trinajstić information content (AvgIpc) is 3.12. The van der Waals surface area contributed by atoms with Crippen LogP contribution in [0.1, 0.15) is 47.6 Å². The third kappa shape index (κ3) is 3.60. The van der Waals surface area contributed by atoms with Crippen LogP contribution in [0.25, 0.3) is 16.5 Å². The number of carbonyl (C=O) groups excluding carboxylic acids is 1. The minimum atomic E-state index is -0.202. The number of hydrogen-bond donors (Lipinski definition) is 1. The first kappa shape index (κ1) is 20.2. The molecule has 0 unspecified atom stereocenters. The molecule has 5 nitrogen and oxygen atoms in total. The second-order valence-corrected chi connectivity index (χ2v) is 9.20. The van der Waals surface area contributed by atoms with Crippen LogP contribution in [0.15, 0.2) is 77.9 Å². The maximum atomic E-state index is 13.0. The van der Waals surface area contributed by atoms with Gasteiger partial charge in [-0.3, -0.25) is 4.79 Å². The molecule has 1 aliphatic rings. The maximum absolute atomic E-state index is 13.0. The summed E-state index contributed by atoms with van der Waals surface area (Å²) >= 11 is 0. The van der Waals surface area contributed by atoms with Gasteiger partial charge in [-0.15, -0.1) is 0 Å². The average molecular weight is 423 g/mol. The van der Waals surface area contributed by atoms with Crippen LogP contribution in [-0.2, 0) is 6.42 Å². The summed E-state index contributed by atoms with van der Waals surface area (Å²) in [7, 11) is 0. The van der Waals surface area contributed by atoms with E-state index in [0.717, 1.165) is 52.0 Å². The second kappa shape index (κ2) is 7.75. The van der Waals surface area contributed by atoms with Crippen LogP contribution >= 0.6 is 0 Å². The van der Waals surface area contributed by atoms with E-state index in [1.165, 1.54) is 0 Å². The summed E-state index contributed by atoms with van der Waals surface area (Å²) in [6.45, 7) is 6.48. The van der Waals surface area contributed by atoms with E-state index in [1.807, 2.05) is 72.3 Å². The molecule has 4 aromatic rings. The quantitative estimate of drug-likeness (QED) is 0.447. The first-order valence-corrected chi connectivity index (χ1v) is 10.9. The Bertz CT molecular complexity index is 1340. The zero-order valence-electron chi connectivity index (χ0n) is 18.6. The topological polar surface area (TPSA) is 59.3 Å². The predicted octanol–water partition coefficient (Wildman–Crippen LogP) is 5.44. The molecule has 0 spiro atoms. The molecule has 0 aliphatic heterocycles. The lowest BCUT2D eigenvalue weighted by atomic mass is 9.75.